The van der Waals surface area contributed by atoms with Crippen molar-refractivity contribution in [3.63, 3.8) is 0 Å². The van der Waals surface area contributed by atoms with Crippen LogP contribution in [-0.2, 0) is 11.3 Å². The number of hydrogen-bond acceptors (Lipinski definition) is 6. The third-order valence-electron chi connectivity index (χ3n) is 5.38. The maximum atomic E-state index is 13.8. The number of hydrogen-bond donors (Lipinski definition) is 3. The molecule has 1 amide bonds. The largest absolute Gasteiger partial charge is 0.444 e. The third-order valence-corrected chi connectivity index (χ3v) is 5.84. The monoisotopic (exact) mass is 518 g/mol. The lowest BCUT2D eigenvalue weighted by molar-refractivity contribution is 0.0477. The molecule has 0 aliphatic carbocycles. The molecule has 10 heteroatoms. The van der Waals surface area contributed by atoms with Crippen molar-refractivity contribution >= 4 is 44.6 Å². The Hall–Kier alpha value is -2.72. The first kappa shape index (κ1) is 23.4. The maximum absolute atomic E-state index is 13.8. The second-order valence-corrected chi connectivity index (χ2v) is 10.2. The zero-order chi connectivity index (χ0) is 23.6. The molecule has 33 heavy (non-hydrogen) atoms. The van der Waals surface area contributed by atoms with Gasteiger partial charge in [-0.2, -0.15) is 0 Å². The first-order valence-electron chi connectivity index (χ1n) is 10.9. The van der Waals surface area contributed by atoms with Crippen molar-refractivity contribution in [2.24, 2.45) is 0 Å². The summed E-state index contributed by atoms with van der Waals surface area (Å²) in [5.41, 5.74) is 1.87. The topological polar surface area (TPSA) is 95.2 Å². The Bertz CT molecular complexity index is 1120. The summed E-state index contributed by atoms with van der Waals surface area (Å²) in [5.74, 6) is 0.282. The number of amides is 1. The number of carbonyl (C=O) groups excluding carboxylic acids is 1. The van der Waals surface area contributed by atoms with Gasteiger partial charge in [0.15, 0.2) is 0 Å². The molecule has 0 radical (unpaired) electrons. The molecule has 1 fully saturated rings. The fourth-order valence-corrected chi connectivity index (χ4v) is 4.42. The SMILES string of the molecule is CC(C)(C)OC(=O)NC1CCN(Cc2c[nH]c3ncnc(Nc4cc(F)cc(Br)c4)c23)CC1. The summed E-state index contributed by atoms with van der Waals surface area (Å²) < 4.78 is 19.8. The molecule has 2 aromatic heterocycles. The number of aromatic amines is 1. The number of anilines is 2. The van der Waals surface area contributed by atoms with Gasteiger partial charge >= 0.3 is 6.09 Å². The van der Waals surface area contributed by atoms with Gasteiger partial charge in [-0.1, -0.05) is 15.9 Å². The zero-order valence-electron chi connectivity index (χ0n) is 18.9. The van der Waals surface area contributed by atoms with E-state index in [2.05, 4.69) is 46.4 Å². The number of alkyl carbamates (subject to hydrolysis) is 1. The van der Waals surface area contributed by atoms with Gasteiger partial charge in [-0.15, -0.1) is 0 Å². The molecule has 3 aromatic rings. The molecule has 8 nitrogen and oxygen atoms in total. The average molecular weight is 519 g/mol. The Kier molecular flexibility index (Phi) is 6.85. The fourth-order valence-electron chi connectivity index (χ4n) is 3.96. The Labute approximate surface area is 200 Å². The van der Waals surface area contributed by atoms with E-state index in [4.69, 9.17) is 4.74 Å². The molecule has 0 bridgehead atoms. The van der Waals surface area contributed by atoms with Crippen LogP contribution in [-0.4, -0.2) is 50.7 Å². The van der Waals surface area contributed by atoms with E-state index in [9.17, 15) is 9.18 Å². The van der Waals surface area contributed by atoms with Gasteiger partial charge in [0.1, 0.15) is 29.2 Å². The van der Waals surface area contributed by atoms with Crippen molar-refractivity contribution in [2.75, 3.05) is 18.4 Å². The Balaban J connectivity index is 1.42. The van der Waals surface area contributed by atoms with Gasteiger partial charge in [0.25, 0.3) is 0 Å². The van der Waals surface area contributed by atoms with Gasteiger partial charge in [-0.25, -0.2) is 19.2 Å². The lowest BCUT2D eigenvalue weighted by Crippen LogP contribution is -2.45. The van der Waals surface area contributed by atoms with Gasteiger partial charge < -0.3 is 20.4 Å². The fraction of sp³-hybridized carbons (Fsp3) is 0.435. The smallest absolute Gasteiger partial charge is 0.407 e. The Morgan fingerprint density at radius 3 is 2.73 bits per heavy atom. The van der Waals surface area contributed by atoms with E-state index in [1.54, 1.807) is 6.07 Å². The van der Waals surface area contributed by atoms with Crippen molar-refractivity contribution < 1.29 is 13.9 Å². The highest BCUT2D eigenvalue weighted by Gasteiger charge is 2.24. The first-order valence-corrected chi connectivity index (χ1v) is 11.7. The van der Waals surface area contributed by atoms with E-state index in [0.29, 0.717) is 22.5 Å². The number of fused-ring (bicyclic) bond motifs is 1. The van der Waals surface area contributed by atoms with Crippen LogP contribution in [0.5, 0.6) is 0 Å². The van der Waals surface area contributed by atoms with Crippen LogP contribution in [0.2, 0.25) is 0 Å². The van der Waals surface area contributed by atoms with Crippen LogP contribution in [0.15, 0.2) is 35.2 Å². The first-order chi connectivity index (χ1) is 15.7. The summed E-state index contributed by atoms with van der Waals surface area (Å²) in [6.45, 7) is 7.98. The van der Waals surface area contributed by atoms with Crippen LogP contribution in [0.1, 0.15) is 39.2 Å². The van der Waals surface area contributed by atoms with Crippen LogP contribution in [0, 0.1) is 5.82 Å². The molecule has 0 unspecified atom stereocenters. The summed E-state index contributed by atoms with van der Waals surface area (Å²) >= 11 is 3.32. The zero-order valence-corrected chi connectivity index (χ0v) is 20.5. The van der Waals surface area contributed by atoms with Crippen LogP contribution >= 0.6 is 15.9 Å². The number of rotatable bonds is 5. The van der Waals surface area contributed by atoms with E-state index >= 15 is 0 Å². The van der Waals surface area contributed by atoms with E-state index < -0.39 is 5.60 Å². The molecule has 1 saturated heterocycles. The molecule has 4 rings (SSSR count). The van der Waals surface area contributed by atoms with Gasteiger partial charge in [0.2, 0.25) is 0 Å². The summed E-state index contributed by atoms with van der Waals surface area (Å²) in [5, 5.41) is 7.07. The number of nitrogens with zero attached hydrogens (tertiary/aromatic N) is 3. The molecule has 176 valence electrons. The number of aromatic nitrogens is 3. The molecule has 1 aliphatic rings. The minimum atomic E-state index is -0.504. The number of carbonyl (C=O) groups is 1. The lowest BCUT2D eigenvalue weighted by atomic mass is 10.0. The molecule has 3 heterocycles. The second kappa shape index (κ2) is 9.64. The van der Waals surface area contributed by atoms with Crippen LogP contribution in [0.25, 0.3) is 11.0 Å². The molecule has 0 saturated carbocycles. The van der Waals surface area contributed by atoms with Gasteiger partial charge in [0, 0.05) is 42.0 Å². The predicted molar refractivity (Wildman–Crippen MR) is 129 cm³/mol. The molecular formula is C23H28BrFN6O2. The standard InChI is InChI=1S/C23H28BrFN6O2/c1-23(2,3)33-22(32)30-17-4-6-31(7-5-17)12-14-11-26-20-19(14)21(28-13-27-20)29-18-9-15(24)8-16(25)10-18/h8-11,13,17H,4-7,12H2,1-3H3,(H,30,32)(H2,26,27,28,29). The van der Waals surface area contributed by atoms with Crippen molar-refractivity contribution in [1.82, 2.24) is 25.2 Å². The van der Waals surface area contributed by atoms with Crippen molar-refractivity contribution in [3.8, 4) is 0 Å². The highest BCUT2D eigenvalue weighted by Crippen LogP contribution is 2.29. The number of nitrogens with one attached hydrogen (secondary N) is 3. The van der Waals surface area contributed by atoms with Crippen LogP contribution < -0.4 is 10.6 Å². The summed E-state index contributed by atoms with van der Waals surface area (Å²) in [6.07, 6.45) is 4.75. The van der Waals surface area contributed by atoms with Gasteiger partial charge in [-0.3, -0.25) is 4.90 Å². The molecule has 0 atom stereocenters. The van der Waals surface area contributed by atoms with Crippen LogP contribution in [0.4, 0.5) is 20.7 Å². The van der Waals surface area contributed by atoms with Gasteiger partial charge in [0.05, 0.1) is 5.39 Å². The van der Waals surface area contributed by atoms with E-state index in [-0.39, 0.29) is 18.0 Å². The average Bonchev–Trinajstić information content (AvgIpc) is 3.11. The number of H-pyrrole nitrogens is 1. The number of ether oxygens (including phenoxy) is 1. The minimum Gasteiger partial charge on any atom is -0.444 e. The predicted octanol–water partition coefficient (Wildman–Crippen LogP) is 5.09. The third kappa shape index (κ3) is 6.20. The summed E-state index contributed by atoms with van der Waals surface area (Å²) in [6, 6.07) is 4.73. The molecule has 3 N–H and O–H groups in total. The highest BCUT2D eigenvalue weighted by atomic mass is 79.9. The molecule has 1 aliphatic heterocycles. The number of benzene rings is 1. The van der Waals surface area contributed by atoms with E-state index in [0.717, 1.165) is 42.5 Å². The molecule has 0 spiro atoms. The minimum absolute atomic E-state index is 0.103. The van der Waals surface area contributed by atoms with Crippen LogP contribution in [0.3, 0.4) is 0 Å². The number of halogens is 2. The summed E-state index contributed by atoms with van der Waals surface area (Å²) in [4.78, 5) is 26.3. The van der Waals surface area contributed by atoms with Crippen molar-refractivity contribution in [1.29, 1.82) is 0 Å². The lowest BCUT2D eigenvalue weighted by Gasteiger charge is -2.32. The van der Waals surface area contributed by atoms with E-state index in [1.165, 1.54) is 18.5 Å². The second-order valence-electron chi connectivity index (χ2n) is 9.24. The quantitative estimate of drug-likeness (QED) is 0.435. The Morgan fingerprint density at radius 2 is 2.03 bits per heavy atom. The molecule has 1 aromatic carbocycles. The Morgan fingerprint density at radius 1 is 1.27 bits per heavy atom. The highest BCUT2D eigenvalue weighted by molar-refractivity contribution is 9.10. The maximum Gasteiger partial charge on any atom is 0.407 e. The van der Waals surface area contributed by atoms with Crippen molar-refractivity contribution in [3.05, 3.63) is 46.6 Å². The van der Waals surface area contributed by atoms with E-state index in [1.807, 2.05) is 27.0 Å². The number of likely N-dealkylation sites (tertiary alicyclic amines) is 1. The normalized spacial score (nSPS) is 15.5. The molecular weight excluding hydrogens is 491 g/mol. The van der Waals surface area contributed by atoms with Crippen molar-refractivity contribution in [2.45, 2.75) is 51.8 Å². The summed E-state index contributed by atoms with van der Waals surface area (Å²) in [7, 11) is 0. The van der Waals surface area contributed by atoms with Gasteiger partial charge in [-0.05, 0) is 57.4 Å². The number of piperidine rings is 1.